The van der Waals surface area contributed by atoms with Crippen molar-refractivity contribution < 1.29 is 9.59 Å². The van der Waals surface area contributed by atoms with Gasteiger partial charge in [0, 0.05) is 17.5 Å². The second-order valence-electron chi connectivity index (χ2n) is 5.24. The van der Waals surface area contributed by atoms with E-state index in [1.165, 1.54) is 15.3 Å². The Morgan fingerprint density at radius 1 is 1.40 bits per heavy atom. The van der Waals surface area contributed by atoms with Gasteiger partial charge >= 0.3 is 0 Å². The smallest absolute Gasteiger partial charge is 0.247 e. The first kappa shape index (κ1) is 15.2. The van der Waals surface area contributed by atoms with Crippen molar-refractivity contribution in [2.75, 3.05) is 0 Å². The summed E-state index contributed by atoms with van der Waals surface area (Å²) in [5, 5.41) is 5.28. The van der Waals surface area contributed by atoms with Crippen molar-refractivity contribution in [3.05, 3.63) is 21.9 Å². The Labute approximate surface area is 124 Å². The summed E-state index contributed by atoms with van der Waals surface area (Å²) in [6.07, 6.45) is 1.94. The van der Waals surface area contributed by atoms with Gasteiger partial charge in [0.05, 0.1) is 12.5 Å². The van der Waals surface area contributed by atoms with Crippen LogP contribution < -0.4 is 5.32 Å². The van der Waals surface area contributed by atoms with Crippen LogP contribution in [0.4, 0.5) is 0 Å². The molecule has 110 valence electrons. The second kappa shape index (κ2) is 6.50. The number of thiophene rings is 1. The van der Waals surface area contributed by atoms with Crippen LogP contribution in [0, 0.1) is 6.92 Å². The maximum atomic E-state index is 12.4. The Morgan fingerprint density at radius 3 is 2.65 bits per heavy atom. The Morgan fingerprint density at radius 2 is 2.10 bits per heavy atom. The molecule has 20 heavy (non-hydrogen) atoms. The molecule has 1 N–H and O–H groups in total. The molecule has 0 radical (unpaired) electrons. The van der Waals surface area contributed by atoms with Gasteiger partial charge in [-0.15, -0.1) is 11.3 Å². The lowest BCUT2D eigenvalue weighted by Crippen LogP contribution is -2.43. The Hall–Kier alpha value is -1.20. The molecule has 1 aliphatic rings. The zero-order valence-corrected chi connectivity index (χ0v) is 13.1. The van der Waals surface area contributed by atoms with Crippen molar-refractivity contribution in [3.8, 4) is 0 Å². The van der Waals surface area contributed by atoms with E-state index in [1.54, 1.807) is 11.3 Å². The number of likely N-dealkylation sites (tertiary alicyclic amines) is 1. The van der Waals surface area contributed by atoms with E-state index in [1.807, 2.05) is 19.2 Å². The third-order valence-electron chi connectivity index (χ3n) is 3.97. The summed E-state index contributed by atoms with van der Waals surface area (Å²) >= 11 is 1.68. The van der Waals surface area contributed by atoms with Crippen LogP contribution in [0.1, 0.15) is 43.6 Å². The zero-order chi connectivity index (χ0) is 14.7. The summed E-state index contributed by atoms with van der Waals surface area (Å²) in [7, 11) is 0. The van der Waals surface area contributed by atoms with Crippen LogP contribution in [0.3, 0.4) is 0 Å². The van der Waals surface area contributed by atoms with Gasteiger partial charge in [0.25, 0.3) is 0 Å². The van der Waals surface area contributed by atoms with Gasteiger partial charge in [0.2, 0.25) is 11.8 Å². The summed E-state index contributed by atoms with van der Waals surface area (Å²) in [6, 6.07) is 1.76. The van der Waals surface area contributed by atoms with Crippen LogP contribution in [-0.4, -0.2) is 28.8 Å². The van der Waals surface area contributed by atoms with E-state index < -0.39 is 0 Å². The fourth-order valence-corrected chi connectivity index (χ4v) is 3.51. The molecule has 0 aromatic carbocycles. The van der Waals surface area contributed by atoms with Gasteiger partial charge in [-0.25, -0.2) is 0 Å². The first-order chi connectivity index (χ1) is 9.58. The van der Waals surface area contributed by atoms with E-state index in [0.717, 1.165) is 12.8 Å². The molecule has 4 nitrogen and oxygen atoms in total. The summed E-state index contributed by atoms with van der Waals surface area (Å²) in [5.41, 5.74) is 1.23. The molecule has 2 amide bonds. The molecule has 1 unspecified atom stereocenters. The van der Waals surface area contributed by atoms with Gasteiger partial charge in [-0.1, -0.05) is 13.8 Å². The Balaban J connectivity index is 1.99. The predicted octanol–water partition coefficient (Wildman–Crippen LogP) is 2.46. The van der Waals surface area contributed by atoms with Crippen LogP contribution in [-0.2, 0) is 16.1 Å². The number of rotatable bonds is 6. The molecule has 1 atom stereocenters. The molecule has 0 aliphatic carbocycles. The molecule has 1 fully saturated rings. The van der Waals surface area contributed by atoms with Gasteiger partial charge in [-0.3, -0.25) is 14.5 Å². The highest BCUT2D eigenvalue weighted by Crippen LogP contribution is 2.21. The Bertz CT molecular complexity index is 494. The largest absolute Gasteiger partial charge is 0.300 e. The quantitative estimate of drug-likeness (QED) is 0.820. The van der Waals surface area contributed by atoms with Gasteiger partial charge < -0.3 is 5.32 Å². The van der Waals surface area contributed by atoms with Crippen LogP contribution in [0.5, 0.6) is 0 Å². The van der Waals surface area contributed by atoms with E-state index in [9.17, 15) is 9.59 Å². The molecule has 2 rings (SSSR count). The molecule has 0 spiro atoms. The van der Waals surface area contributed by atoms with Gasteiger partial charge in [0.15, 0.2) is 0 Å². The minimum atomic E-state index is -0.357. The normalized spacial score (nSPS) is 19.4. The number of carbonyl (C=O) groups is 2. The number of carbonyl (C=O) groups excluding carboxylic acids is 2. The average molecular weight is 294 g/mol. The SMILES string of the molecule is CCC(CC)N1C(=O)CC(NCc2sccc2C)C1=O. The summed E-state index contributed by atoms with van der Waals surface area (Å²) in [6.45, 7) is 6.75. The highest BCUT2D eigenvalue weighted by Gasteiger charge is 2.40. The molecule has 1 aliphatic heterocycles. The lowest BCUT2D eigenvalue weighted by molar-refractivity contribution is -0.141. The van der Waals surface area contributed by atoms with Gasteiger partial charge in [-0.2, -0.15) is 0 Å². The fourth-order valence-electron chi connectivity index (χ4n) is 2.65. The molecule has 2 heterocycles. The van der Waals surface area contributed by atoms with Crippen molar-refractivity contribution in [1.29, 1.82) is 0 Å². The Kier molecular flexibility index (Phi) is 4.94. The molecule has 1 saturated heterocycles. The topological polar surface area (TPSA) is 49.4 Å². The first-order valence-electron chi connectivity index (χ1n) is 7.20. The number of hydrogen-bond acceptors (Lipinski definition) is 4. The highest BCUT2D eigenvalue weighted by molar-refractivity contribution is 7.10. The number of amides is 2. The minimum absolute atomic E-state index is 0.0379. The van der Waals surface area contributed by atoms with Crippen molar-refractivity contribution >= 4 is 23.2 Å². The summed E-state index contributed by atoms with van der Waals surface area (Å²) in [5.74, 6) is -0.0954. The first-order valence-corrected chi connectivity index (χ1v) is 8.08. The van der Waals surface area contributed by atoms with Crippen molar-refractivity contribution in [3.63, 3.8) is 0 Å². The van der Waals surface area contributed by atoms with E-state index in [2.05, 4.69) is 18.3 Å². The van der Waals surface area contributed by atoms with Gasteiger partial charge in [0.1, 0.15) is 0 Å². The summed E-state index contributed by atoms with van der Waals surface area (Å²) < 4.78 is 0. The third-order valence-corrected chi connectivity index (χ3v) is 4.99. The van der Waals surface area contributed by atoms with Crippen molar-refractivity contribution in [2.24, 2.45) is 0 Å². The number of nitrogens with zero attached hydrogens (tertiary/aromatic N) is 1. The zero-order valence-electron chi connectivity index (χ0n) is 12.3. The average Bonchev–Trinajstić information content (AvgIpc) is 2.95. The lowest BCUT2D eigenvalue weighted by Gasteiger charge is -2.24. The monoisotopic (exact) mass is 294 g/mol. The van der Waals surface area contributed by atoms with E-state index in [0.29, 0.717) is 13.0 Å². The van der Waals surface area contributed by atoms with Crippen molar-refractivity contribution in [1.82, 2.24) is 10.2 Å². The number of nitrogens with one attached hydrogen (secondary N) is 1. The van der Waals surface area contributed by atoms with E-state index in [-0.39, 0.29) is 23.9 Å². The molecule has 1 aromatic heterocycles. The van der Waals surface area contributed by atoms with E-state index >= 15 is 0 Å². The highest BCUT2D eigenvalue weighted by atomic mass is 32.1. The standard InChI is InChI=1S/C15H22N2O2S/c1-4-11(5-2)17-14(18)8-12(15(17)19)16-9-13-10(3)6-7-20-13/h6-7,11-12,16H,4-5,8-9H2,1-3H3. The second-order valence-corrected chi connectivity index (χ2v) is 6.24. The predicted molar refractivity (Wildman–Crippen MR) is 80.5 cm³/mol. The van der Waals surface area contributed by atoms with Crippen LogP contribution >= 0.6 is 11.3 Å². The third kappa shape index (κ3) is 2.94. The lowest BCUT2D eigenvalue weighted by atomic mass is 10.1. The molecule has 1 aromatic rings. The maximum absolute atomic E-state index is 12.4. The maximum Gasteiger partial charge on any atom is 0.247 e. The van der Waals surface area contributed by atoms with Crippen LogP contribution in [0.15, 0.2) is 11.4 Å². The minimum Gasteiger partial charge on any atom is -0.300 e. The fraction of sp³-hybridized carbons (Fsp3) is 0.600. The van der Waals surface area contributed by atoms with Crippen LogP contribution in [0.2, 0.25) is 0 Å². The number of hydrogen-bond donors (Lipinski definition) is 1. The van der Waals surface area contributed by atoms with Crippen molar-refractivity contribution in [2.45, 2.75) is 58.7 Å². The molecular formula is C15H22N2O2S. The van der Waals surface area contributed by atoms with Crippen LogP contribution in [0.25, 0.3) is 0 Å². The van der Waals surface area contributed by atoms with E-state index in [4.69, 9.17) is 0 Å². The summed E-state index contributed by atoms with van der Waals surface area (Å²) in [4.78, 5) is 27.1. The molecule has 0 bridgehead atoms. The molecule has 5 heteroatoms. The molecule has 0 saturated carbocycles. The van der Waals surface area contributed by atoms with Gasteiger partial charge in [-0.05, 0) is 36.8 Å². The number of imide groups is 1. The molecular weight excluding hydrogens is 272 g/mol. The number of aryl methyl sites for hydroxylation is 1.